The molecule has 1 saturated carbocycles. The van der Waals surface area contributed by atoms with E-state index in [9.17, 15) is 0 Å². The van der Waals surface area contributed by atoms with Gasteiger partial charge in [-0.1, -0.05) is 20.3 Å². The largest absolute Gasteiger partial charge is 0.314 e. The molecule has 2 aliphatic heterocycles. The highest BCUT2D eigenvalue weighted by atomic mass is 15.2. The molecule has 2 bridgehead atoms. The van der Waals surface area contributed by atoms with Gasteiger partial charge in [0, 0.05) is 24.7 Å². The van der Waals surface area contributed by atoms with E-state index in [-0.39, 0.29) is 0 Å². The van der Waals surface area contributed by atoms with Gasteiger partial charge in [0.1, 0.15) is 0 Å². The van der Waals surface area contributed by atoms with Crippen LogP contribution in [-0.2, 0) is 0 Å². The van der Waals surface area contributed by atoms with Crippen molar-refractivity contribution in [1.82, 2.24) is 10.2 Å². The van der Waals surface area contributed by atoms with Gasteiger partial charge in [0.25, 0.3) is 0 Å². The van der Waals surface area contributed by atoms with Crippen LogP contribution in [0.5, 0.6) is 0 Å². The van der Waals surface area contributed by atoms with Crippen molar-refractivity contribution in [3.8, 4) is 0 Å². The van der Waals surface area contributed by atoms with Crippen molar-refractivity contribution in [3.05, 3.63) is 0 Å². The number of hydrogen-bond donors (Lipinski definition) is 1. The Kier molecular flexibility index (Phi) is 3.20. The highest BCUT2D eigenvalue weighted by Gasteiger charge is 2.44. The summed E-state index contributed by atoms with van der Waals surface area (Å²) in [7, 11) is 0. The van der Waals surface area contributed by atoms with Gasteiger partial charge < -0.3 is 5.32 Å². The van der Waals surface area contributed by atoms with E-state index in [0.717, 1.165) is 24.7 Å². The monoisotopic (exact) mass is 236 g/mol. The second kappa shape index (κ2) is 4.55. The first-order valence-corrected chi connectivity index (χ1v) is 7.69. The Balaban J connectivity index is 1.60. The van der Waals surface area contributed by atoms with Crippen LogP contribution in [0.2, 0.25) is 0 Å². The molecule has 2 atom stereocenters. The van der Waals surface area contributed by atoms with E-state index in [1.165, 1.54) is 51.5 Å². The summed E-state index contributed by atoms with van der Waals surface area (Å²) < 4.78 is 0. The zero-order chi connectivity index (χ0) is 11.9. The Morgan fingerprint density at radius 1 is 1.18 bits per heavy atom. The molecule has 2 nitrogen and oxygen atoms in total. The lowest BCUT2D eigenvalue weighted by atomic mass is 9.69. The minimum Gasteiger partial charge on any atom is -0.314 e. The van der Waals surface area contributed by atoms with Crippen LogP contribution in [0, 0.1) is 5.41 Å². The Hall–Kier alpha value is -0.0800. The minimum atomic E-state index is 0.672. The third-order valence-corrected chi connectivity index (χ3v) is 5.50. The number of piperidine rings is 1. The number of nitrogens with one attached hydrogen (secondary N) is 1. The predicted octanol–water partition coefficient (Wildman–Crippen LogP) is 2.78. The maximum absolute atomic E-state index is 3.67. The topological polar surface area (TPSA) is 15.3 Å². The SMILES string of the molecule is CCNC1CC2CCC(C1)N2CC1(C)CCC1. The van der Waals surface area contributed by atoms with Crippen LogP contribution in [0.1, 0.15) is 58.8 Å². The first kappa shape index (κ1) is 12.0. The normalized spacial score (nSPS) is 40.2. The third kappa shape index (κ3) is 2.26. The van der Waals surface area contributed by atoms with Crippen LogP contribution in [0.15, 0.2) is 0 Å². The van der Waals surface area contributed by atoms with Crippen LogP contribution < -0.4 is 5.32 Å². The van der Waals surface area contributed by atoms with E-state index in [0.29, 0.717) is 5.41 Å². The molecule has 0 aromatic rings. The lowest BCUT2D eigenvalue weighted by Gasteiger charge is -2.47. The predicted molar refractivity (Wildman–Crippen MR) is 72.2 cm³/mol. The standard InChI is InChI=1S/C15H28N2/c1-3-16-12-9-13-5-6-14(10-12)17(13)11-15(2)7-4-8-15/h12-14,16H,3-11H2,1-2H3. The van der Waals surface area contributed by atoms with E-state index >= 15 is 0 Å². The molecule has 2 heterocycles. The van der Waals surface area contributed by atoms with E-state index in [1.807, 2.05) is 0 Å². The van der Waals surface area contributed by atoms with Crippen molar-refractivity contribution in [2.24, 2.45) is 5.41 Å². The fraction of sp³-hybridized carbons (Fsp3) is 1.00. The molecule has 2 heteroatoms. The Morgan fingerprint density at radius 2 is 1.82 bits per heavy atom. The van der Waals surface area contributed by atoms with Gasteiger partial charge in [-0.05, 0) is 50.5 Å². The molecule has 0 amide bonds. The molecule has 0 aromatic heterocycles. The van der Waals surface area contributed by atoms with Crippen molar-refractivity contribution in [2.75, 3.05) is 13.1 Å². The Labute approximate surface area is 106 Å². The van der Waals surface area contributed by atoms with Crippen molar-refractivity contribution in [2.45, 2.75) is 76.9 Å². The average Bonchev–Trinajstić information content (AvgIpc) is 2.49. The van der Waals surface area contributed by atoms with Crippen LogP contribution in [0.3, 0.4) is 0 Å². The number of nitrogens with zero attached hydrogens (tertiary/aromatic N) is 1. The summed E-state index contributed by atoms with van der Waals surface area (Å²) in [5.41, 5.74) is 0.672. The molecular formula is C15H28N2. The Morgan fingerprint density at radius 3 is 2.29 bits per heavy atom. The number of rotatable bonds is 4. The summed E-state index contributed by atoms with van der Waals surface area (Å²) in [5, 5.41) is 3.67. The summed E-state index contributed by atoms with van der Waals surface area (Å²) >= 11 is 0. The van der Waals surface area contributed by atoms with Crippen molar-refractivity contribution in [1.29, 1.82) is 0 Å². The van der Waals surface area contributed by atoms with Crippen molar-refractivity contribution < 1.29 is 0 Å². The Bertz CT molecular complexity index is 258. The lowest BCUT2D eigenvalue weighted by molar-refractivity contribution is 0.0291. The van der Waals surface area contributed by atoms with Crippen LogP contribution in [0.25, 0.3) is 0 Å². The van der Waals surface area contributed by atoms with Gasteiger partial charge in [-0.2, -0.15) is 0 Å². The van der Waals surface area contributed by atoms with Crippen molar-refractivity contribution >= 4 is 0 Å². The van der Waals surface area contributed by atoms with Gasteiger partial charge in [-0.25, -0.2) is 0 Å². The molecule has 3 rings (SSSR count). The van der Waals surface area contributed by atoms with Gasteiger partial charge in [-0.3, -0.25) is 4.90 Å². The number of hydrogen-bond acceptors (Lipinski definition) is 2. The third-order valence-electron chi connectivity index (χ3n) is 5.50. The summed E-state index contributed by atoms with van der Waals surface area (Å²) in [4.78, 5) is 2.88. The molecule has 17 heavy (non-hydrogen) atoms. The van der Waals surface area contributed by atoms with Crippen LogP contribution in [0.4, 0.5) is 0 Å². The molecule has 0 aromatic carbocycles. The summed E-state index contributed by atoms with van der Waals surface area (Å²) in [6.07, 6.45) is 10.1. The average molecular weight is 236 g/mol. The maximum Gasteiger partial charge on any atom is 0.0114 e. The smallest absolute Gasteiger partial charge is 0.0114 e. The zero-order valence-electron chi connectivity index (χ0n) is 11.5. The van der Waals surface area contributed by atoms with Crippen molar-refractivity contribution in [3.63, 3.8) is 0 Å². The first-order valence-electron chi connectivity index (χ1n) is 7.69. The molecular weight excluding hydrogens is 208 g/mol. The van der Waals surface area contributed by atoms with E-state index < -0.39 is 0 Å². The molecule has 2 unspecified atom stereocenters. The van der Waals surface area contributed by atoms with E-state index in [2.05, 4.69) is 24.1 Å². The van der Waals surface area contributed by atoms with Crippen LogP contribution >= 0.6 is 0 Å². The highest BCUT2D eigenvalue weighted by molar-refractivity contribution is 5.00. The first-order chi connectivity index (χ1) is 8.20. The van der Waals surface area contributed by atoms with Gasteiger partial charge in [-0.15, -0.1) is 0 Å². The van der Waals surface area contributed by atoms with Crippen LogP contribution in [-0.4, -0.2) is 36.1 Å². The second-order valence-corrected chi connectivity index (χ2v) is 6.95. The summed E-state index contributed by atoms with van der Waals surface area (Å²) in [6, 6.07) is 2.60. The summed E-state index contributed by atoms with van der Waals surface area (Å²) in [6.45, 7) is 7.28. The molecule has 98 valence electrons. The van der Waals surface area contributed by atoms with Gasteiger partial charge in [0.05, 0.1) is 0 Å². The molecule has 0 radical (unpaired) electrons. The quantitative estimate of drug-likeness (QED) is 0.807. The van der Waals surface area contributed by atoms with Gasteiger partial charge in [0.15, 0.2) is 0 Å². The van der Waals surface area contributed by atoms with Gasteiger partial charge >= 0.3 is 0 Å². The van der Waals surface area contributed by atoms with E-state index in [1.54, 1.807) is 0 Å². The highest BCUT2D eigenvalue weighted by Crippen LogP contribution is 2.45. The minimum absolute atomic E-state index is 0.672. The molecule has 3 aliphatic rings. The second-order valence-electron chi connectivity index (χ2n) is 6.95. The fourth-order valence-corrected chi connectivity index (χ4v) is 4.37. The number of fused-ring (bicyclic) bond motifs is 2. The molecule has 2 saturated heterocycles. The summed E-state index contributed by atoms with van der Waals surface area (Å²) in [5.74, 6) is 0. The molecule has 1 aliphatic carbocycles. The zero-order valence-corrected chi connectivity index (χ0v) is 11.5. The van der Waals surface area contributed by atoms with E-state index in [4.69, 9.17) is 0 Å². The lowest BCUT2D eigenvalue weighted by Crippen LogP contribution is -2.53. The molecule has 1 N–H and O–H groups in total. The fourth-order valence-electron chi connectivity index (χ4n) is 4.37. The maximum atomic E-state index is 3.67. The molecule has 3 fully saturated rings. The van der Waals surface area contributed by atoms with Gasteiger partial charge in [0.2, 0.25) is 0 Å². The molecule has 0 spiro atoms.